The molecule has 0 aromatic rings. The van der Waals surface area contributed by atoms with E-state index in [-0.39, 0.29) is 18.9 Å². The maximum absolute atomic E-state index is 12.9. The van der Waals surface area contributed by atoms with Gasteiger partial charge in [-0.1, -0.05) is 132 Å². The maximum atomic E-state index is 12.9. The second-order valence-corrected chi connectivity index (χ2v) is 14.4. The van der Waals surface area contributed by atoms with Crippen LogP contribution in [-0.2, 0) is 14.3 Å². The van der Waals surface area contributed by atoms with Gasteiger partial charge in [0, 0.05) is 6.42 Å². The number of hydrogen-bond donors (Lipinski definition) is 6. The molecule has 6 N–H and O–H groups in total. The molecule has 1 rings (SSSR count). The van der Waals surface area contributed by atoms with Crippen LogP contribution >= 0.6 is 0 Å². The Bertz CT molecular complexity index is 1010. The van der Waals surface area contributed by atoms with Crippen molar-refractivity contribution in [2.45, 2.75) is 198 Å². The van der Waals surface area contributed by atoms with E-state index < -0.39 is 49.5 Å². The van der Waals surface area contributed by atoms with Crippen molar-refractivity contribution >= 4 is 5.91 Å². The second-order valence-electron chi connectivity index (χ2n) is 14.4. The van der Waals surface area contributed by atoms with Gasteiger partial charge in [0.2, 0.25) is 5.91 Å². The third-order valence-electron chi connectivity index (χ3n) is 9.59. The first-order valence-electron chi connectivity index (χ1n) is 21.0. The van der Waals surface area contributed by atoms with E-state index in [9.17, 15) is 30.3 Å². The average Bonchev–Trinajstić information content (AvgIpc) is 3.16. The van der Waals surface area contributed by atoms with Crippen LogP contribution in [0.1, 0.15) is 155 Å². The Labute approximate surface area is 322 Å². The maximum Gasteiger partial charge on any atom is 0.220 e. The highest BCUT2D eigenvalue weighted by atomic mass is 16.7. The Balaban J connectivity index is 2.39. The number of aliphatic hydroxyl groups excluding tert-OH is 5. The average molecular weight is 748 g/mol. The summed E-state index contributed by atoms with van der Waals surface area (Å²) in [6.07, 6.45) is 36.8. The molecule has 7 atom stereocenters. The summed E-state index contributed by atoms with van der Waals surface area (Å²) in [5.41, 5.74) is 0. The zero-order chi connectivity index (χ0) is 38.8. The van der Waals surface area contributed by atoms with E-state index >= 15 is 0 Å². The lowest BCUT2D eigenvalue weighted by molar-refractivity contribution is -0.302. The fourth-order valence-corrected chi connectivity index (χ4v) is 6.14. The normalized spacial score (nSPS) is 22.3. The number of carbonyl (C=O) groups is 1. The molecule has 0 bridgehead atoms. The third kappa shape index (κ3) is 25.6. The first-order chi connectivity index (χ1) is 25.8. The molecule has 0 aliphatic carbocycles. The lowest BCUT2D eigenvalue weighted by Gasteiger charge is -2.40. The number of aliphatic hydroxyl groups is 5. The first kappa shape index (κ1) is 48.9. The quantitative estimate of drug-likeness (QED) is 0.0292. The predicted octanol–water partition coefficient (Wildman–Crippen LogP) is 8.05. The minimum Gasteiger partial charge on any atom is -0.394 e. The molecule has 0 radical (unpaired) electrons. The van der Waals surface area contributed by atoms with Gasteiger partial charge in [-0.05, 0) is 77.0 Å². The summed E-state index contributed by atoms with van der Waals surface area (Å²) < 4.78 is 11.2. The van der Waals surface area contributed by atoms with Crippen molar-refractivity contribution in [3.63, 3.8) is 0 Å². The number of unbranched alkanes of at least 4 members (excludes halogenated alkanes) is 13. The van der Waals surface area contributed by atoms with Crippen molar-refractivity contribution in [3.8, 4) is 0 Å². The van der Waals surface area contributed by atoms with Crippen molar-refractivity contribution < 1.29 is 39.8 Å². The van der Waals surface area contributed by atoms with E-state index in [1.54, 1.807) is 0 Å². The number of hydrogen-bond acceptors (Lipinski definition) is 8. The molecule has 306 valence electrons. The van der Waals surface area contributed by atoms with E-state index in [1.165, 1.54) is 70.6 Å². The number of rotatable bonds is 33. The van der Waals surface area contributed by atoms with Gasteiger partial charge in [0.25, 0.3) is 0 Å². The Hall–Kier alpha value is -2.11. The molecular weight excluding hydrogens is 670 g/mol. The van der Waals surface area contributed by atoms with Crippen LogP contribution in [0.2, 0.25) is 0 Å². The molecule has 1 saturated heterocycles. The molecule has 0 spiro atoms. The summed E-state index contributed by atoms with van der Waals surface area (Å²) in [6.45, 7) is 3.70. The molecule has 53 heavy (non-hydrogen) atoms. The first-order valence-corrected chi connectivity index (χ1v) is 21.0. The standard InChI is InChI=1S/C44H77NO8/c1-3-5-7-9-11-13-14-15-16-17-18-19-20-21-22-23-24-26-28-30-32-34-40(48)45-37(38(47)33-31-29-27-25-12-10-8-6-4-2)36-52-44-43(51)42(50)41(49)39(35-46)53-44/h12,16-17,19-20,22-23,25-26,28,37-39,41-44,46-47,49-51H,3-11,13-15,18,21,24,27,29-36H2,1-2H3,(H,45,48)/b17-16+,20-19+,23-22+,25-12+,28-26+/t37-,38+,39-,41-,42?,43?,44-/m0/s1. The molecule has 1 heterocycles. The summed E-state index contributed by atoms with van der Waals surface area (Å²) in [7, 11) is 0. The molecule has 9 heteroatoms. The Morgan fingerprint density at radius 1 is 0.642 bits per heavy atom. The smallest absolute Gasteiger partial charge is 0.220 e. The van der Waals surface area contributed by atoms with Gasteiger partial charge in [-0.25, -0.2) is 0 Å². The van der Waals surface area contributed by atoms with Crippen LogP contribution in [0, 0.1) is 0 Å². The van der Waals surface area contributed by atoms with Gasteiger partial charge < -0.3 is 40.3 Å². The van der Waals surface area contributed by atoms with Crippen LogP contribution in [0.5, 0.6) is 0 Å². The molecule has 1 aliphatic heterocycles. The van der Waals surface area contributed by atoms with Crippen molar-refractivity contribution in [1.82, 2.24) is 5.32 Å². The van der Waals surface area contributed by atoms with Gasteiger partial charge >= 0.3 is 0 Å². The van der Waals surface area contributed by atoms with Crippen LogP contribution in [0.4, 0.5) is 0 Å². The fraction of sp³-hybridized carbons (Fsp3) is 0.750. The highest BCUT2D eigenvalue weighted by molar-refractivity contribution is 5.76. The van der Waals surface area contributed by atoms with Gasteiger partial charge in [0.05, 0.1) is 25.4 Å². The molecule has 0 aromatic heterocycles. The number of carbonyl (C=O) groups excluding carboxylic acids is 1. The Morgan fingerprint density at radius 2 is 1.11 bits per heavy atom. The van der Waals surface area contributed by atoms with E-state index in [0.717, 1.165) is 51.4 Å². The van der Waals surface area contributed by atoms with Crippen molar-refractivity contribution in [1.29, 1.82) is 0 Å². The molecule has 2 unspecified atom stereocenters. The number of ether oxygens (including phenoxy) is 2. The van der Waals surface area contributed by atoms with Crippen molar-refractivity contribution in [2.24, 2.45) is 0 Å². The lowest BCUT2D eigenvalue weighted by atomic mass is 9.99. The van der Waals surface area contributed by atoms with Gasteiger partial charge in [0.15, 0.2) is 6.29 Å². The molecule has 1 fully saturated rings. The summed E-state index contributed by atoms with van der Waals surface area (Å²) >= 11 is 0. The van der Waals surface area contributed by atoms with E-state index in [0.29, 0.717) is 12.8 Å². The number of nitrogens with one attached hydrogen (secondary N) is 1. The molecule has 0 saturated carbocycles. The minimum atomic E-state index is -1.57. The van der Waals surface area contributed by atoms with Crippen LogP contribution in [-0.4, -0.2) is 87.5 Å². The van der Waals surface area contributed by atoms with Crippen LogP contribution in [0.3, 0.4) is 0 Å². The summed E-state index contributed by atoms with van der Waals surface area (Å²) in [5.74, 6) is -0.214. The fourth-order valence-electron chi connectivity index (χ4n) is 6.14. The summed E-state index contributed by atoms with van der Waals surface area (Å²) in [4.78, 5) is 12.9. The van der Waals surface area contributed by atoms with Crippen molar-refractivity contribution in [3.05, 3.63) is 60.8 Å². The van der Waals surface area contributed by atoms with Crippen LogP contribution in [0.25, 0.3) is 0 Å². The van der Waals surface area contributed by atoms with Gasteiger partial charge in [0.1, 0.15) is 24.4 Å². The predicted molar refractivity (Wildman–Crippen MR) is 216 cm³/mol. The van der Waals surface area contributed by atoms with E-state index in [2.05, 4.69) is 79.9 Å². The van der Waals surface area contributed by atoms with Crippen molar-refractivity contribution in [2.75, 3.05) is 13.2 Å². The third-order valence-corrected chi connectivity index (χ3v) is 9.59. The van der Waals surface area contributed by atoms with Gasteiger partial charge in [-0.3, -0.25) is 4.79 Å². The molecule has 1 aliphatic rings. The largest absolute Gasteiger partial charge is 0.394 e. The van der Waals surface area contributed by atoms with Crippen LogP contribution in [0.15, 0.2) is 60.8 Å². The second kappa shape index (κ2) is 34.4. The SMILES string of the molecule is CCCCC/C=C/CCCC[C@@H](O)[C@H](CO[C@H]1O[C@@H](CO)[C@H](O)C(O)C1O)NC(=O)CCC/C=C/C/C=C/C/C=C/C/C=C/CCCCCCCCC. The van der Waals surface area contributed by atoms with Gasteiger partial charge in [-0.2, -0.15) is 0 Å². The van der Waals surface area contributed by atoms with E-state index in [4.69, 9.17) is 9.47 Å². The Morgan fingerprint density at radius 3 is 1.70 bits per heavy atom. The molecule has 1 amide bonds. The molecule has 9 nitrogen and oxygen atoms in total. The lowest BCUT2D eigenvalue weighted by Crippen LogP contribution is -2.60. The van der Waals surface area contributed by atoms with Gasteiger partial charge in [-0.15, -0.1) is 0 Å². The Kier molecular flexibility index (Phi) is 31.7. The summed E-state index contributed by atoms with van der Waals surface area (Å²) in [5, 5.41) is 54.0. The minimum absolute atomic E-state index is 0.176. The summed E-state index contributed by atoms with van der Waals surface area (Å²) in [6, 6.07) is -0.764. The number of allylic oxidation sites excluding steroid dienone is 10. The number of amides is 1. The highest BCUT2D eigenvalue weighted by Gasteiger charge is 2.44. The monoisotopic (exact) mass is 748 g/mol. The zero-order valence-electron chi connectivity index (χ0n) is 33.2. The molecular formula is C44H77NO8. The van der Waals surface area contributed by atoms with E-state index in [1.807, 2.05) is 0 Å². The topological polar surface area (TPSA) is 149 Å². The van der Waals surface area contributed by atoms with Crippen LogP contribution < -0.4 is 5.32 Å². The molecule has 0 aromatic carbocycles. The zero-order valence-corrected chi connectivity index (χ0v) is 33.2. The highest BCUT2D eigenvalue weighted by Crippen LogP contribution is 2.22.